The van der Waals surface area contributed by atoms with Gasteiger partial charge < -0.3 is 9.88 Å². The maximum Gasteiger partial charge on any atom is 0.235 e. The summed E-state index contributed by atoms with van der Waals surface area (Å²) in [7, 11) is 0. The minimum atomic E-state index is -0.101. The fourth-order valence-electron chi connectivity index (χ4n) is 5.74. The van der Waals surface area contributed by atoms with Gasteiger partial charge in [0, 0.05) is 27.2 Å². The number of thiophene rings is 2. The Hall–Kier alpha value is -2.15. The number of carbonyl (C=O) groups is 1. The molecular formula is C29H37N5OS3. The van der Waals surface area contributed by atoms with Crippen LogP contribution in [-0.4, -0.2) is 26.4 Å². The Morgan fingerprint density at radius 3 is 2.79 bits per heavy atom. The molecule has 2 aliphatic rings. The zero-order valence-corrected chi connectivity index (χ0v) is 25.3. The van der Waals surface area contributed by atoms with Gasteiger partial charge in [0.2, 0.25) is 5.91 Å². The molecule has 9 heteroatoms. The molecule has 202 valence electrons. The SMILES string of the molecule is CCCn1c(SCC(=O)Nc2sc3c(c2C#N)CCC(C(C)(C)CC)C3)nnc1-c1csc2c1CCCC2. The van der Waals surface area contributed by atoms with Crippen molar-refractivity contribution in [3.8, 4) is 17.5 Å². The number of aryl methyl sites for hydroxylation is 1. The van der Waals surface area contributed by atoms with Gasteiger partial charge in [-0.2, -0.15) is 5.26 Å². The highest BCUT2D eigenvalue weighted by Crippen LogP contribution is 2.45. The molecular weight excluding hydrogens is 531 g/mol. The van der Waals surface area contributed by atoms with Crippen LogP contribution >= 0.6 is 34.4 Å². The highest BCUT2D eigenvalue weighted by Gasteiger charge is 2.34. The lowest BCUT2D eigenvalue weighted by atomic mass is 9.69. The lowest BCUT2D eigenvalue weighted by molar-refractivity contribution is -0.113. The maximum atomic E-state index is 13.0. The van der Waals surface area contributed by atoms with Gasteiger partial charge in [0.25, 0.3) is 0 Å². The van der Waals surface area contributed by atoms with Crippen LogP contribution in [0.2, 0.25) is 0 Å². The molecule has 6 nitrogen and oxygen atoms in total. The highest BCUT2D eigenvalue weighted by atomic mass is 32.2. The number of rotatable bonds is 9. The molecule has 2 aliphatic carbocycles. The second-order valence-corrected chi connectivity index (χ2v) is 14.2. The molecule has 0 radical (unpaired) electrons. The summed E-state index contributed by atoms with van der Waals surface area (Å²) in [5.74, 6) is 1.67. The largest absolute Gasteiger partial charge is 0.316 e. The van der Waals surface area contributed by atoms with E-state index in [1.165, 1.54) is 45.5 Å². The van der Waals surface area contributed by atoms with E-state index >= 15 is 0 Å². The molecule has 1 amide bonds. The van der Waals surface area contributed by atoms with Crippen molar-refractivity contribution in [1.29, 1.82) is 5.26 Å². The molecule has 0 bridgehead atoms. The normalized spacial score (nSPS) is 17.1. The number of anilines is 1. The summed E-state index contributed by atoms with van der Waals surface area (Å²) >= 11 is 4.87. The summed E-state index contributed by atoms with van der Waals surface area (Å²) in [5, 5.41) is 25.8. The minimum Gasteiger partial charge on any atom is -0.316 e. The van der Waals surface area contributed by atoms with E-state index < -0.39 is 0 Å². The lowest BCUT2D eigenvalue weighted by Crippen LogP contribution is -2.28. The molecule has 38 heavy (non-hydrogen) atoms. The molecule has 1 atom stereocenters. The number of amides is 1. The zero-order valence-electron chi connectivity index (χ0n) is 22.9. The molecule has 3 aromatic rings. The van der Waals surface area contributed by atoms with Gasteiger partial charge in [0.1, 0.15) is 11.1 Å². The Bertz CT molecular complexity index is 1360. The minimum absolute atomic E-state index is 0.101. The molecule has 0 aliphatic heterocycles. The summed E-state index contributed by atoms with van der Waals surface area (Å²) in [5.41, 5.74) is 4.75. The zero-order chi connectivity index (χ0) is 26.9. The van der Waals surface area contributed by atoms with Crippen LogP contribution in [0.3, 0.4) is 0 Å². The highest BCUT2D eigenvalue weighted by molar-refractivity contribution is 7.99. The van der Waals surface area contributed by atoms with Crippen molar-refractivity contribution in [3.63, 3.8) is 0 Å². The van der Waals surface area contributed by atoms with Crippen molar-refractivity contribution in [2.45, 2.75) is 97.2 Å². The van der Waals surface area contributed by atoms with Crippen LogP contribution in [0.1, 0.15) is 86.2 Å². The second-order valence-electron chi connectivity index (χ2n) is 11.2. The standard InChI is InChI=1S/C29H37N5OS3/c1-5-13-34-26(22-16-36-23-10-8-7-9-19(22)23)32-33-28(34)37-17-25(35)31-27-21(15-30)20-12-11-18(14-24(20)38-27)29(3,4)6-2/h16,18H,5-14,17H2,1-4H3,(H,31,35). The van der Waals surface area contributed by atoms with Crippen LogP contribution < -0.4 is 5.32 Å². The molecule has 1 unspecified atom stereocenters. The maximum absolute atomic E-state index is 13.0. The topological polar surface area (TPSA) is 83.6 Å². The van der Waals surface area contributed by atoms with E-state index in [1.54, 1.807) is 11.3 Å². The van der Waals surface area contributed by atoms with E-state index in [1.807, 2.05) is 11.3 Å². The van der Waals surface area contributed by atoms with E-state index in [0.717, 1.165) is 68.0 Å². The van der Waals surface area contributed by atoms with E-state index in [9.17, 15) is 10.1 Å². The van der Waals surface area contributed by atoms with Crippen LogP contribution in [0, 0.1) is 22.7 Å². The molecule has 0 saturated heterocycles. The molecule has 0 aromatic carbocycles. The number of aromatic nitrogens is 3. The molecule has 3 aromatic heterocycles. The third-order valence-electron chi connectivity index (χ3n) is 8.45. The number of nitrogens with zero attached hydrogens (tertiary/aromatic N) is 4. The first-order chi connectivity index (χ1) is 18.4. The molecule has 0 spiro atoms. The number of nitriles is 1. The quantitative estimate of drug-likeness (QED) is 0.271. The summed E-state index contributed by atoms with van der Waals surface area (Å²) < 4.78 is 2.18. The first kappa shape index (κ1) is 27.4. The number of hydrogen-bond donors (Lipinski definition) is 1. The number of thioether (sulfide) groups is 1. The van der Waals surface area contributed by atoms with E-state index in [0.29, 0.717) is 16.5 Å². The van der Waals surface area contributed by atoms with Crippen molar-refractivity contribution in [2.75, 3.05) is 11.1 Å². The van der Waals surface area contributed by atoms with Crippen molar-refractivity contribution in [1.82, 2.24) is 14.8 Å². The van der Waals surface area contributed by atoms with Crippen molar-refractivity contribution < 1.29 is 4.79 Å². The predicted molar refractivity (Wildman–Crippen MR) is 158 cm³/mol. The first-order valence-corrected chi connectivity index (χ1v) is 16.5. The van der Waals surface area contributed by atoms with Crippen molar-refractivity contribution in [2.24, 2.45) is 11.3 Å². The van der Waals surface area contributed by atoms with Gasteiger partial charge in [-0.3, -0.25) is 4.79 Å². The van der Waals surface area contributed by atoms with Gasteiger partial charge >= 0.3 is 0 Å². The molecule has 3 heterocycles. The smallest absolute Gasteiger partial charge is 0.235 e. The third-order valence-corrected chi connectivity index (χ3v) is 11.7. The van der Waals surface area contributed by atoms with Crippen LogP contribution in [0.15, 0.2) is 10.5 Å². The van der Waals surface area contributed by atoms with E-state index in [4.69, 9.17) is 0 Å². The third kappa shape index (κ3) is 5.32. The van der Waals surface area contributed by atoms with Crippen molar-refractivity contribution in [3.05, 3.63) is 31.8 Å². The number of nitrogens with one attached hydrogen (secondary N) is 1. The fraction of sp³-hybridized carbons (Fsp3) is 0.586. The Labute approximate surface area is 238 Å². The van der Waals surface area contributed by atoms with Gasteiger partial charge in [-0.05, 0) is 73.8 Å². The van der Waals surface area contributed by atoms with Crippen LogP contribution in [0.5, 0.6) is 0 Å². The average Bonchev–Trinajstić information content (AvgIpc) is 3.61. The van der Waals surface area contributed by atoms with Gasteiger partial charge in [-0.1, -0.05) is 45.9 Å². The average molecular weight is 568 g/mol. The van der Waals surface area contributed by atoms with Crippen molar-refractivity contribution >= 4 is 45.3 Å². The first-order valence-electron chi connectivity index (χ1n) is 13.9. The Morgan fingerprint density at radius 1 is 1.21 bits per heavy atom. The van der Waals surface area contributed by atoms with Crippen LogP contribution in [0.4, 0.5) is 5.00 Å². The van der Waals surface area contributed by atoms with Crippen LogP contribution in [-0.2, 0) is 37.0 Å². The summed E-state index contributed by atoms with van der Waals surface area (Å²) in [6, 6.07) is 2.38. The Morgan fingerprint density at radius 2 is 2.03 bits per heavy atom. The van der Waals surface area contributed by atoms with E-state index in [-0.39, 0.29) is 17.1 Å². The van der Waals surface area contributed by atoms with Gasteiger partial charge in [0.15, 0.2) is 11.0 Å². The summed E-state index contributed by atoms with van der Waals surface area (Å²) in [6.45, 7) is 9.92. The summed E-state index contributed by atoms with van der Waals surface area (Å²) in [6.07, 6.45) is 9.90. The van der Waals surface area contributed by atoms with Gasteiger partial charge in [-0.15, -0.1) is 32.9 Å². The summed E-state index contributed by atoms with van der Waals surface area (Å²) in [4.78, 5) is 15.8. The van der Waals surface area contributed by atoms with Crippen LogP contribution in [0.25, 0.3) is 11.4 Å². The molecule has 0 saturated carbocycles. The second kappa shape index (κ2) is 11.5. The predicted octanol–water partition coefficient (Wildman–Crippen LogP) is 7.50. The molecule has 1 N–H and O–H groups in total. The fourth-order valence-corrected chi connectivity index (χ4v) is 8.92. The van der Waals surface area contributed by atoms with E-state index in [2.05, 4.69) is 59.2 Å². The number of fused-ring (bicyclic) bond motifs is 2. The van der Waals surface area contributed by atoms with Gasteiger partial charge in [-0.25, -0.2) is 0 Å². The van der Waals surface area contributed by atoms with Gasteiger partial charge in [0.05, 0.1) is 11.3 Å². The Balaban J connectivity index is 1.29. The monoisotopic (exact) mass is 567 g/mol. The lowest BCUT2D eigenvalue weighted by Gasteiger charge is -2.36. The molecule has 0 fully saturated rings. The number of hydrogen-bond acceptors (Lipinski definition) is 7. The Kier molecular flexibility index (Phi) is 8.32. The number of carbonyl (C=O) groups excluding carboxylic acids is 1. The molecule has 5 rings (SSSR count).